The highest BCUT2D eigenvalue weighted by molar-refractivity contribution is 7.91. The number of nitriles is 1. The van der Waals surface area contributed by atoms with E-state index in [0.29, 0.717) is 0 Å². The summed E-state index contributed by atoms with van der Waals surface area (Å²) in [6.07, 6.45) is 0.0175. The number of ether oxygens (including phenoxy) is 1. The maximum atomic E-state index is 15.1. The van der Waals surface area contributed by atoms with Gasteiger partial charge in [0, 0.05) is 41.2 Å². The van der Waals surface area contributed by atoms with Gasteiger partial charge in [0.1, 0.15) is 28.1 Å². The van der Waals surface area contributed by atoms with Gasteiger partial charge in [-0.3, -0.25) is 0 Å². The van der Waals surface area contributed by atoms with Crippen LogP contribution >= 0.6 is 0 Å². The summed E-state index contributed by atoms with van der Waals surface area (Å²) >= 11 is -1.92. The van der Waals surface area contributed by atoms with Crippen LogP contribution in [0.4, 0.5) is 13.2 Å². The number of hydrogen-bond donors (Lipinski definition) is 1. The summed E-state index contributed by atoms with van der Waals surface area (Å²) in [5.74, 6) is -4.43. The number of alkyl halides is 2. The first-order valence-corrected chi connectivity index (χ1v) is 12.5. The van der Waals surface area contributed by atoms with E-state index in [-0.39, 0.29) is 33.1 Å². The van der Waals surface area contributed by atoms with Crippen LogP contribution in [-0.2, 0) is 27.6 Å². The Labute approximate surface area is 187 Å². The number of rotatable bonds is 5. The molecule has 0 amide bonds. The quantitative estimate of drug-likeness (QED) is 0.637. The molecule has 0 spiro atoms. The number of nitrogens with one attached hydrogen (secondary N) is 1. The van der Waals surface area contributed by atoms with Crippen LogP contribution < -0.4 is 9.46 Å². The molecule has 1 N–H and O–H groups in total. The van der Waals surface area contributed by atoms with E-state index < -0.39 is 50.1 Å². The normalized spacial score (nSPS) is 18.7. The Hall–Kier alpha value is -2.26. The van der Waals surface area contributed by atoms with Gasteiger partial charge in [0.15, 0.2) is 9.84 Å². The third kappa shape index (κ3) is 4.88. The van der Waals surface area contributed by atoms with Gasteiger partial charge in [-0.2, -0.15) is 5.26 Å². The van der Waals surface area contributed by atoms with Crippen molar-refractivity contribution in [1.82, 2.24) is 4.72 Å². The molecule has 2 atom stereocenters. The highest BCUT2D eigenvalue weighted by Gasteiger charge is 2.54. The molecule has 1 aliphatic rings. The van der Waals surface area contributed by atoms with Gasteiger partial charge in [-0.25, -0.2) is 21.6 Å². The van der Waals surface area contributed by atoms with Crippen molar-refractivity contribution in [3.05, 3.63) is 52.8 Å². The summed E-state index contributed by atoms with van der Waals surface area (Å²) < 4.78 is 88.3. The van der Waals surface area contributed by atoms with Crippen LogP contribution in [-0.4, -0.2) is 29.9 Å². The second kappa shape index (κ2) is 8.26. The van der Waals surface area contributed by atoms with Crippen molar-refractivity contribution in [3.8, 4) is 17.6 Å². The zero-order valence-corrected chi connectivity index (χ0v) is 19.3. The predicted octanol–water partition coefficient (Wildman–Crippen LogP) is 4.18. The molecule has 32 heavy (non-hydrogen) atoms. The summed E-state index contributed by atoms with van der Waals surface area (Å²) in [7, 11) is -3.92. The van der Waals surface area contributed by atoms with Crippen LogP contribution in [0.25, 0.3) is 0 Å². The number of hydrogen-bond acceptors (Lipinski definition) is 6. The van der Waals surface area contributed by atoms with Gasteiger partial charge in [-0.05, 0) is 45.0 Å². The second-order valence-electron chi connectivity index (χ2n) is 8.49. The van der Waals surface area contributed by atoms with Gasteiger partial charge in [0.05, 0.1) is 16.5 Å². The molecule has 0 radical (unpaired) electrons. The van der Waals surface area contributed by atoms with Crippen molar-refractivity contribution < 1.29 is 30.9 Å². The molecule has 2 aromatic rings. The van der Waals surface area contributed by atoms with Gasteiger partial charge >= 0.3 is 0 Å². The molecule has 172 valence electrons. The fourth-order valence-corrected chi connectivity index (χ4v) is 5.15. The fraction of sp³-hybridized carbons (Fsp3) is 0.381. The highest BCUT2D eigenvalue weighted by Crippen LogP contribution is 2.50. The molecule has 0 bridgehead atoms. The maximum Gasteiger partial charge on any atom is 0.275 e. The highest BCUT2D eigenvalue weighted by atomic mass is 32.2. The molecular formula is C21H21F3N2O4S2. The number of nitrogens with zero attached hydrogens (tertiary/aromatic N) is 1. The van der Waals surface area contributed by atoms with Gasteiger partial charge < -0.3 is 9.29 Å². The van der Waals surface area contributed by atoms with E-state index in [9.17, 15) is 17.4 Å². The average molecular weight is 487 g/mol. The number of fused-ring (bicyclic) bond motifs is 1. The Morgan fingerprint density at radius 1 is 1.28 bits per heavy atom. The SMILES string of the molecule is CC(C)(C)[S+]([O-])NC1c2c(S(C)(=O)=O)ccc(Oc3cc(F)cc(C#N)c3)c2CC1(F)F. The van der Waals surface area contributed by atoms with E-state index in [4.69, 9.17) is 10.00 Å². The van der Waals surface area contributed by atoms with Crippen molar-refractivity contribution in [2.45, 2.75) is 48.8 Å². The van der Waals surface area contributed by atoms with Crippen LogP contribution in [0.5, 0.6) is 11.5 Å². The first-order valence-electron chi connectivity index (χ1n) is 9.44. The molecule has 2 unspecified atom stereocenters. The van der Waals surface area contributed by atoms with Crippen molar-refractivity contribution in [3.63, 3.8) is 0 Å². The van der Waals surface area contributed by atoms with Crippen molar-refractivity contribution in [2.75, 3.05) is 6.26 Å². The molecule has 0 aliphatic heterocycles. The minimum absolute atomic E-state index is 0.0325. The molecule has 0 aromatic heterocycles. The lowest BCUT2D eigenvalue weighted by atomic mass is 10.1. The molecule has 6 nitrogen and oxygen atoms in total. The van der Waals surface area contributed by atoms with Gasteiger partial charge in [0.25, 0.3) is 5.92 Å². The Morgan fingerprint density at radius 2 is 1.94 bits per heavy atom. The zero-order valence-electron chi connectivity index (χ0n) is 17.7. The van der Waals surface area contributed by atoms with Crippen LogP contribution in [0.15, 0.2) is 35.2 Å². The predicted molar refractivity (Wildman–Crippen MR) is 113 cm³/mol. The van der Waals surface area contributed by atoms with Crippen LogP contribution in [0.1, 0.15) is 43.5 Å². The first-order chi connectivity index (χ1) is 14.6. The van der Waals surface area contributed by atoms with E-state index >= 15 is 8.78 Å². The minimum atomic E-state index is -3.92. The van der Waals surface area contributed by atoms with Crippen LogP contribution in [0.2, 0.25) is 0 Å². The Morgan fingerprint density at radius 3 is 2.50 bits per heavy atom. The van der Waals surface area contributed by atoms with Gasteiger partial charge in [-0.1, -0.05) is 0 Å². The average Bonchev–Trinajstić information content (AvgIpc) is 2.90. The van der Waals surface area contributed by atoms with E-state index in [0.717, 1.165) is 24.5 Å². The molecule has 3 rings (SSSR count). The summed E-state index contributed by atoms with van der Waals surface area (Å²) in [5, 5.41) is 9.01. The monoisotopic (exact) mass is 486 g/mol. The summed E-state index contributed by atoms with van der Waals surface area (Å²) in [6.45, 7) is 4.79. The third-order valence-corrected chi connectivity index (χ3v) is 7.52. The smallest absolute Gasteiger partial charge is 0.275 e. The lowest BCUT2D eigenvalue weighted by molar-refractivity contribution is -0.0194. The van der Waals surface area contributed by atoms with Crippen LogP contribution in [0.3, 0.4) is 0 Å². The van der Waals surface area contributed by atoms with E-state index in [1.54, 1.807) is 26.8 Å². The van der Waals surface area contributed by atoms with E-state index in [1.165, 1.54) is 12.1 Å². The van der Waals surface area contributed by atoms with Crippen molar-refractivity contribution in [1.29, 1.82) is 5.26 Å². The molecule has 2 aromatic carbocycles. The Kier molecular flexibility index (Phi) is 6.30. The summed E-state index contributed by atoms with van der Waals surface area (Å²) in [5.41, 5.74) is -0.358. The van der Waals surface area contributed by atoms with Crippen molar-refractivity contribution >= 4 is 21.2 Å². The third-order valence-electron chi connectivity index (χ3n) is 4.81. The molecule has 0 saturated heterocycles. The molecule has 11 heteroatoms. The van der Waals surface area contributed by atoms with E-state index in [2.05, 4.69) is 4.72 Å². The minimum Gasteiger partial charge on any atom is -0.598 e. The van der Waals surface area contributed by atoms with Gasteiger partial charge in [0.2, 0.25) is 0 Å². The van der Waals surface area contributed by atoms with Gasteiger partial charge in [-0.15, -0.1) is 4.72 Å². The molecule has 1 aliphatic carbocycles. The molecule has 0 fully saturated rings. The summed E-state index contributed by atoms with van der Waals surface area (Å²) in [4.78, 5) is -0.336. The number of halogens is 3. The Balaban J connectivity index is 2.16. The number of benzene rings is 2. The second-order valence-corrected chi connectivity index (χ2v) is 12.5. The lowest BCUT2D eigenvalue weighted by Gasteiger charge is -2.29. The number of sulfone groups is 1. The maximum absolute atomic E-state index is 15.1. The van der Waals surface area contributed by atoms with Crippen molar-refractivity contribution in [2.24, 2.45) is 0 Å². The Bertz CT molecular complexity index is 1200. The topological polar surface area (TPSA) is 102 Å². The standard InChI is InChI=1S/C21H21F3N2O4S2/c1-20(2,3)31(27)26-19-18-15(10-21(19,23)24)16(5-6-17(18)32(4,28)29)30-14-8-12(11-25)7-13(22)9-14/h5-9,19,26H,10H2,1-4H3. The fourth-order valence-electron chi connectivity index (χ4n) is 3.33. The molecule has 0 heterocycles. The van der Waals surface area contributed by atoms with E-state index in [1.807, 2.05) is 0 Å². The zero-order chi connectivity index (χ0) is 24.1. The first kappa shape index (κ1) is 24.4. The largest absolute Gasteiger partial charge is 0.598 e. The summed E-state index contributed by atoms with van der Waals surface area (Å²) in [6, 6.07) is 5.47. The molecular weight excluding hydrogens is 465 g/mol. The molecule has 0 saturated carbocycles. The lowest BCUT2D eigenvalue weighted by Crippen LogP contribution is -2.45. The van der Waals surface area contributed by atoms with Crippen LogP contribution in [0, 0.1) is 17.1 Å².